The fourth-order valence-electron chi connectivity index (χ4n) is 2.21. The van der Waals surface area contributed by atoms with Crippen LogP contribution in [0, 0.1) is 24.2 Å². The highest BCUT2D eigenvalue weighted by Gasteiger charge is 2.15. The molecule has 0 saturated heterocycles. The lowest BCUT2D eigenvalue weighted by atomic mass is 10.2. The number of aromatic nitrogens is 2. The van der Waals surface area contributed by atoms with Gasteiger partial charge in [0.1, 0.15) is 17.5 Å². The Morgan fingerprint density at radius 2 is 2.00 bits per heavy atom. The van der Waals surface area contributed by atoms with Gasteiger partial charge < -0.3 is 10.2 Å². The third-order valence-electron chi connectivity index (χ3n) is 3.31. The highest BCUT2D eigenvalue weighted by Crippen LogP contribution is 2.24. The van der Waals surface area contributed by atoms with E-state index in [1.165, 1.54) is 0 Å². The molecule has 0 fully saturated rings. The maximum absolute atomic E-state index is 8.99. The second-order valence-electron chi connectivity index (χ2n) is 5.52. The van der Waals surface area contributed by atoms with Crippen molar-refractivity contribution in [3.8, 4) is 6.07 Å². The first-order valence-electron chi connectivity index (χ1n) is 7.75. The normalized spacial score (nSPS) is 11.8. The Balaban J connectivity index is 3.10. The Labute approximate surface area is 128 Å². The quantitative estimate of drug-likeness (QED) is 0.796. The Bertz CT molecular complexity index is 492. The number of rotatable bonds is 8. The lowest BCUT2D eigenvalue weighted by molar-refractivity contribution is 0.702. The van der Waals surface area contributed by atoms with Crippen LogP contribution in [-0.2, 0) is 6.42 Å². The van der Waals surface area contributed by atoms with Crippen LogP contribution in [-0.4, -0.2) is 30.1 Å². The molecule has 0 amide bonds. The second kappa shape index (κ2) is 8.46. The van der Waals surface area contributed by atoms with Crippen LogP contribution in [0.1, 0.15) is 45.0 Å². The monoisotopic (exact) mass is 289 g/mol. The number of nitrogens with one attached hydrogen (secondary N) is 1. The molecule has 0 aliphatic carbocycles. The molecule has 0 bridgehead atoms. The van der Waals surface area contributed by atoms with Crippen molar-refractivity contribution in [1.29, 1.82) is 5.26 Å². The van der Waals surface area contributed by atoms with Crippen LogP contribution in [0.5, 0.6) is 0 Å². The number of anilines is 2. The van der Waals surface area contributed by atoms with Crippen molar-refractivity contribution in [3.63, 3.8) is 0 Å². The summed E-state index contributed by atoms with van der Waals surface area (Å²) in [6.45, 7) is 9.81. The zero-order valence-corrected chi connectivity index (χ0v) is 13.9. The summed E-state index contributed by atoms with van der Waals surface area (Å²) < 4.78 is 0. The molecule has 21 heavy (non-hydrogen) atoms. The molecule has 0 aliphatic rings. The van der Waals surface area contributed by atoms with Gasteiger partial charge in [-0.25, -0.2) is 9.97 Å². The summed E-state index contributed by atoms with van der Waals surface area (Å²) in [5.41, 5.74) is 1.05. The summed E-state index contributed by atoms with van der Waals surface area (Å²) >= 11 is 0. The molecule has 116 valence electrons. The number of hydrogen-bond donors (Lipinski definition) is 1. The molecule has 1 aromatic rings. The predicted molar refractivity (Wildman–Crippen MR) is 87.6 cm³/mol. The number of hydrogen-bond acceptors (Lipinski definition) is 5. The Morgan fingerprint density at radius 1 is 1.29 bits per heavy atom. The molecule has 1 unspecified atom stereocenters. The van der Waals surface area contributed by atoms with Crippen LogP contribution in [0.25, 0.3) is 0 Å². The molecule has 5 nitrogen and oxygen atoms in total. The van der Waals surface area contributed by atoms with Gasteiger partial charge in [-0.05, 0) is 26.7 Å². The fraction of sp³-hybridized carbons (Fsp3) is 0.688. The molecule has 0 spiro atoms. The summed E-state index contributed by atoms with van der Waals surface area (Å²) in [4.78, 5) is 11.4. The van der Waals surface area contributed by atoms with E-state index in [1.807, 2.05) is 20.9 Å². The van der Waals surface area contributed by atoms with Gasteiger partial charge in [-0.2, -0.15) is 5.26 Å². The first kappa shape index (κ1) is 17.2. The van der Waals surface area contributed by atoms with E-state index in [9.17, 15) is 0 Å². The molecular formula is C16H27N5. The molecule has 1 rings (SSSR count). The van der Waals surface area contributed by atoms with E-state index in [-0.39, 0.29) is 5.92 Å². The van der Waals surface area contributed by atoms with E-state index in [0.29, 0.717) is 6.54 Å². The van der Waals surface area contributed by atoms with Gasteiger partial charge in [-0.15, -0.1) is 0 Å². The van der Waals surface area contributed by atoms with Crippen molar-refractivity contribution in [1.82, 2.24) is 9.97 Å². The van der Waals surface area contributed by atoms with Crippen LogP contribution >= 0.6 is 0 Å². The molecular weight excluding hydrogens is 262 g/mol. The molecule has 5 heteroatoms. The van der Waals surface area contributed by atoms with Crippen LogP contribution in [0.4, 0.5) is 11.6 Å². The minimum Gasteiger partial charge on any atom is -0.370 e. The van der Waals surface area contributed by atoms with Crippen molar-refractivity contribution < 1.29 is 0 Å². The van der Waals surface area contributed by atoms with Crippen molar-refractivity contribution >= 4 is 11.6 Å². The lowest BCUT2D eigenvalue weighted by Crippen LogP contribution is -2.26. The Kier molecular flexibility index (Phi) is 6.93. The average Bonchev–Trinajstić information content (AvgIpc) is 2.47. The van der Waals surface area contributed by atoms with E-state index >= 15 is 0 Å². The van der Waals surface area contributed by atoms with Gasteiger partial charge in [-0.3, -0.25) is 0 Å². The zero-order chi connectivity index (χ0) is 15.8. The van der Waals surface area contributed by atoms with Crippen molar-refractivity contribution in [2.24, 2.45) is 5.92 Å². The highest BCUT2D eigenvalue weighted by molar-refractivity contribution is 5.58. The summed E-state index contributed by atoms with van der Waals surface area (Å²) in [5.74, 6) is 2.69. The summed E-state index contributed by atoms with van der Waals surface area (Å²) in [6.07, 6.45) is 2.95. The maximum atomic E-state index is 8.99. The van der Waals surface area contributed by atoms with Gasteiger partial charge in [0.05, 0.1) is 12.0 Å². The van der Waals surface area contributed by atoms with Gasteiger partial charge in [-0.1, -0.05) is 13.8 Å². The van der Waals surface area contributed by atoms with E-state index < -0.39 is 0 Å². The van der Waals surface area contributed by atoms with Crippen LogP contribution in [0.2, 0.25) is 0 Å². The molecule has 0 aliphatic heterocycles. The molecule has 1 atom stereocenters. The smallest absolute Gasteiger partial charge is 0.137 e. The largest absolute Gasteiger partial charge is 0.370 e. The topological polar surface area (TPSA) is 64.8 Å². The predicted octanol–water partition coefficient (Wildman–Crippen LogP) is 3.16. The summed E-state index contributed by atoms with van der Waals surface area (Å²) in [5, 5.41) is 12.4. The lowest BCUT2D eigenvalue weighted by Gasteiger charge is -2.23. The van der Waals surface area contributed by atoms with Crippen LogP contribution < -0.4 is 10.2 Å². The first-order chi connectivity index (χ1) is 10.0. The minimum absolute atomic E-state index is 0.0222. The standard InChI is InChI=1S/C16H27N5/c1-6-8-14-19-15(18-9-7-2)13(4)16(20-14)21(5)11-12(3)10-17/h12H,6-9,11H2,1-5H3,(H,18,19,20). The molecule has 1 aromatic heterocycles. The fourth-order valence-corrected chi connectivity index (χ4v) is 2.21. The molecule has 1 N–H and O–H groups in total. The van der Waals surface area contributed by atoms with Gasteiger partial charge in [0.2, 0.25) is 0 Å². The third-order valence-corrected chi connectivity index (χ3v) is 3.31. The Morgan fingerprint density at radius 3 is 2.57 bits per heavy atom. The molecule has 1 heterocycles. The van der Waals surface area contributed by atoms with E-state index in [2.05, 4.69) is 40.1 Å². The molecule has 0 radical (unpaired) electrons. The van der Waals surface area contributed by atoms with Crippen LogP contribution in [0.15, 0.2) is 0 Å². The Hall–Kier alpha value is -1.83. The average molecular weight is 289 g/mol. The molecule has 0 aromatic carbocycles. The van der Waals surface area contributed by atoms with E-state index in [4.69, 9.17) is 5.26 Å². The van der Waals surface area contributed by atoms with Crippen molar-refractivity contribution in [2.75, 3.05) is 30.4 Å². The maximum Gasteiger partial charge on any atom is 0.137 e. The summed E-state index contributed by atoms with van der Waals surface area (Å²) in [6, 6.07) is 2.27. The van der Waals surface area contributed by atoms with E-state index in [0.717, 1.165) is 48.8 Å². The van der Waals surface area contributed by atoms with Gasteiger partial charge in [0.25, 0.3) is 0 Å². The van der Waals surface area contributed by atoms with E-state index in [1.54, 1.807) is 0 Å². The third kappa shape index (κ3) is 4.89. The molecule has 0 saturated carbocycles. The van der Waals surface area contributed by atoms with Crippen molar-refractivity contribution in [3.05, 3.63) is 11.4 Å². The summed E-state index contributed by atoms with van der Waals surface area (Å²) in [7, 11) is 1.99. The van der Waals surface area contributed by atoms with Crippen LogP contribution in [0.3, 0.4) is 0 Å². The zero-order valence-electron chi connectivity index (χ0n) is 13.9. The van der Waals surface area contributed by atoms with Crippen molar-refractivity contribution in [2.45, 2.75) is 47.0 Å². The number of nitrogens with zero attached hydrogens (tertiary/aromatic N) is 4. The highest BCUT2D eigenvalue weighted by atomic mass is 15.2. The number of aryl methyl sites for hydroxylation is 1. The minimum atomic E-state index is -0.0222. The second-order valence-corrected chi connectivity index (χ2v) is 5.52. The SMILES string of the molecule is CCCNc1nc(CCC)nc(N(C)CC(C)C#N)c1C. The van der Waals surface area contributed by atoms with Gasteiger partial charge >= 0.3 is 0 Å². The number of nitriles is 1. The first-order valence-corrected chi connectivity index (χ1v) is 7.75. The van der Waals surface area contributed by atoms with Gasteiger partial charge in [0, 0.05) is 32.1 Å². The van der Waals surface area contributed by atoms with Gasteiger partial charge in [0.15, 0.2) is 0 Å².